The van der Waals surface area contributed by atoms with Gasteiger partial charge in [0.1, 0.15) is 0 Å². The molecule has 0 aliphatic heterocycles. The number of carboxylic acid groups (broad SMARTS) is 1. The highest BCUT2D eigenvalue weighted by atomic mass is 35.5. The Morgan fingerprint density at radius 2 is 1.67 bits per heavy atom. The van der Waals surface area contributed by atoms with E-state index in [0.717, 1.165) is 18.2 Å². The summed E-state index contributed by atoms with van der Waals surface area (Å²) in [7, 11) is 0. The van der Waals surface area contributed by atoms with Crippen LogP contribution in [0.15, 0.2) is 36.4 Å². The zero-order valence-corrected chi connectivity index (χ0v) is 11.1. The molecule has 0 aliphatic rings. The van der Waals surface area contributed by atoms with Crippen molar-refractivity contribution in [3.8, 4) is 0 Å². The first-order chi connectivity index (χ1) is 9.88. The standard InChI is InChI=1S/C14H8ClF2NO3/c15-9-3-1-8(14(20)21)6-12(9)18-13(19)7-2-4-10(16)11(17)5-7/h1-6H,(H,18,19)(H,20,21). The van der Waals surface area contributed by atoms with Crippen LogP contribution in [0.3, 0.4) is 0 Å². The molecule has 2 N–H and O–H groups in total. The van der Waals surface area contributed by atoms with Gasteiger partial charge in [0.25, 0.3) is 5.91 Å². The molecule has 0 heterocycles. The molecule has 2 aromatic rings. The van der Waals surface area contributed by atoms with E-state index in [1.165, 1.54) is 18.2 Å². The molecule has 1 amide bonds. The van der Waals surface area contributed by atoms with E-state index in [1.54, 1.807) is 0 Å². The second-order valence-corrected chi connectivity index (χ2v) is 4.49. The van der Waals surface area contributed by atoms with E-state index >= 15 is 0 Å². The van der Waals surface area contributed by atoms with Crippen LogP contribution in [-0.2, 0) is 0 Å². The third-order valence-electron chi connectivity index (χ3n) is 2.64. The third-order valence-corrected chi connectivity index (χ3v) is 2.97. The zero-order valence-electron chi connectivity index (χ0n) is 10.4. The summed E-state index contributed by atoms with van der Waals surface area (Å²) in [6.07, 6.45) is 0. The molecule has 2 aromatic carbocycles. The Kier molecular flexibility index (Phi) is 4.18. The fourth-order valence-electron chi connectivity index (χ4n) is 1.59. The van der Waals surface area contributed by atoms with Crippen LogP contribution < -0.4 is 5.32 Å². The second kappa shape index (κ2) is 5.88. The Bertz CT molecular complexity index is 734. The summed E-state index contributed by atoms with van der Waals surface area (Å²) in [6.45, 7) is 0. The smallest absolute Gasteiger partial charge is 0.335 e. The number of rotatable bonds is 3. The van der Waals surface area contributed by atoms with Crippen molar-refractivity contribution >= 4 is 29.2 Å². The lowest BCUT2D eigenvalue weighted by Gasteiger charge is -2.08. The molecule has 0 bridgehead atoms. The van der Waals surface area contributed by atoms with Crippen LogP contribution in [0, 0.1) is 11.6 Å². The number of carbonyl (C=O) groups is 2. The molecule has 0 atom stereocenters. The molecule has 0 radical (unpaired) electrons. The van der Waals surface area contributed by atoms with Gasteiger partial charge in [-0.2, -0.15) is 0 Å². The predicted octanol–water partition coefficient (Wildman–Crippen LogP) is 3.57. The van der Waals surface area contributed by atoms with Gasteiger partial charge in [-0.05, 0) is 36.4 Å². The molecule has 0 saturated heterocycles. The minimum Gasteiger partial charge on any atom is -0.478 e. The highest BCUT2D eigenvalue weighted by Crippen LogP contribution is 2.24. The molecular formula is C14H8ClF2NO3. The van der Waals surface area contributed by atoms with Crippen LogP contribution in [0.5, 0.6) is 0 Å². The fraction of sp³-hybridized carbons (Fsp3) is 0. The minimum atomic E-state index is -1.19. The summed E-state index contributed by atoms with van der Waals surface area (Å²) in [6, 6.07) is 6.41. The van der Waals surface area contributed by atoms with Crippen LogP contribution in [0.2, 0.25) is 5.02 Å². The first-order valence-electron chi connectivity index (χ1n) is 5.67. The number of hydrogen-bond donors (Lipinski definition) is 2. The van der Waals surface area contributed by atoms with Crippen molar-refractivity contribution in [2.45, 2.75) is 0 Å². The molecule has 7 heteroatoms. The van der Waals surface area contributed by atoms with Crippen LogP contribution >= 0.6 is 11.6 Å². The van der Waals surface area contributed by atoms with E-state index in [0.29, 0.717) is 0 Å². The monoisotopic (exact) mass is 311 g/mol. The molecule has 21 heavy (non-hydrogen) atoms. The third kappa shape index (κ3) is 3.35. The lowest BCUT2D eigenvalue weighted by molar-refractivity contribution is 0.0696. The van der Waals surface area contributed by atoms with E-state index in [2.05, 4.69) is 5.32 Å². The number of nitrogens with one attached hydrogen (secondary N) is 1. The first kappa shape index (κ1) is 14.9. The minimum absolute atomic E-state index is 0.0614. The average Bonchev–Trinajstić information content (AvgIpc) is 2.43. The molecule has 4 nitrogen and oxygen atoms in total. The molecule has 0 spiro atoms. The van der Waals surface area contributed by atoms with Gasteiger partial charge in [-0.15, -0.1) is 0 Å². The number of hydrogen-bond acceptors (Lipinski definition) is 2. The fourth-order valence-corrected chi connectivity index (χ4v) is 1.75. The van der Waals surface area contributed by atoms with Crippen molar-refractivity contribution in [2.75, 3.05) is 5.32 Å². The van der Waals surface area contributed by atoms with Gasteiger partial charge in [0, 0.05) is 5.56 Å². The Hall–Kier alpha value is -2.47. The van der Waals surface area contributed by atoms with Crippen molar-refractivity contribution in [2.24, 2.45) is 0 Å². The number of carboxylic acids is 1. The molecular weight excluding hydrogens is 304 g/mol. The molecule has 0 aliphatic carbocycles. The van der Waals surface area contributed by atoms with Gasteiger partial charge in [0.2, 0.25) is 0 Å². The largest absolute Gasteiger partial charge is 0.478 e. The highest BCUT2D eigenvalue weighted by Gasteiger charge is 2.13. The number of carbonyl (C=O) groups excluding carboxylic acids is 1. The SMILES string of the molecule is O=C(O)c1ccc(Cl)c(NC(=O)c2ccc(F)c(F)c2)c1. The highest BCUT2D eigenvalue weighted by molar-refractivity contribution is 6.34. The van der Waals surface area contributed by atoms with Crippen LogP contribution in [0.4, 0.5) is 14.5 Å². The number of anilines is 1. The quantitative estimate of drug-likeness (QED) is 0.910. The molecule has 0 aromatic heterocycles. The van der Waals surface area contributed by atoms with E-state index in [1.807, 2.05) is 0 Å². The van der Waals surface area contributed by atoms with E-state index in [9.17, 15) is 18.4 Å². The summed E-state index contributed by atoms with van der Waals surface area (Å²) >= 11 is 5.85. The number of aromatic carboxylic acids is 1. The predicted molar refractivity (Wildman–Crippen MR) is 72.7 cm³/mol. The summed E-state index contributed by atoms with van der Waals surface area (Å²) in [5.74, 6) is -4.15. The maximum absolute atomic E-state index is 13.1. The van der Waals surface area contributed by atoms with Crippen LogP contribution in [0.25, 0.3) is 0 Å². The van der Waals surface area contributed by atoms with Gasteiger partial charge in [-0.25, -0.2) is 13.6 Å². The van der Waals surface area contributed by atoms with Crippen LogP contribution in [0.1, 0.15) is 20.7 Å². The van der Waals surface area contributed by atoms with Gasteiger partial charge in [-0.1, -0.05) is 11.6 Å². The average molecular weight is 312 g/mol. The Labute approximate surface area is 123 Å². The van der Waals surface area contributed by atoms with Gasteiger partial charge < -0.3 is 10.4 Å². The topological polar surface area (TPSA) is 66.4 Å². The molecule has 2 rings (SSSR count). The lowest BCUT2D eigenvalue weighted by atomic mass is 10.1. The summed E-state index contributed by atoms with van der Waals surface area (Å²) in [5.41, 5.74) is -0.128. The molecule has 0 fully saturated rings. The number of halogens is 3. The molecule has 0 saturated carbocycles. The maximum atomic E-state index is 13.1. The Morgan fingerprint density at radius 1 is 1.00 bits per heavy atom. The van der Waals surface area contributed by atoms with E-state index in [-0.39, 0.29) is 21.8 Å². The van der Waals surface area contributed by atoms with Crippen molar-refractivity contribution < 1.29 is 23.5 Å². The van der Waals surface area contributed by atoms with E-state index < -0.39 is 23.5 Å². The first-order valence-corrected chi connectivity index (χ1v) is 6.05. The van der Waals surface area contributed by atoms with Crippen molar-refractivity contribution in [1.82, 2.24) is 0 Å². The molecule has 108 valence electrons. The zero-order chi connectivity index (χ0) is 15.6. The van der Waals surface area contributed by atoms with E-state index in [4.69, 9.17) is 16.7 Å². The van der Waals surface area contributed by atoms with Crippen molar-refractivity contribution in [3.05, 3.63) is 64.2 Å². The van der Waals surface area contributed by atoms with Gasteiger partial charge >= 0.3 is 5.97 Å². The Balaban J connectivity index is 2.28. The lowest BCUT2D eigenvalue weighted by Crippen LogP contribution is -2.13. The number of amides is 1. The second-order valence-electron chi connectivity index (χ2n) is 4.08. The van der Waals surface area contributed by atoms with Crippen molar-refractivity contribution in [3.63, 3.8) is 0 Å². The van der Waals surface area contributed by atoms with Gasteiger partial charge in [-0.3, -0.25) is 4.79 Å². The van der Waals surface area contributed by atoms with Gasteiger partial charge in [0.15, 0.2) is 11.6 Å². The summed E-state index contributed by atoms with van der Waals surface area (Å²) < 4.78 is 25.9. The summed E-state index contributed by atoms with van der Waals surface area (Å²) in [4.78, 5) is 22.8. The van der Waals surface area contributed by atoms with Gasteiger partial charge in [0.05, 0.1) is 16.3 Å². The molecule has 0 unspecified atom stereocenters. The normalized spacial score (nSPS) is 10.2. The van der Waals surface area contributed by atoms with Crippen LogP contribution in [-0.4, -0.2) is 17.0 Å². The van der Waals surface area contributed by atoms with Crippen molar-refractivity contribution in [1.29, 1.82) is 0 Å². The Morgan fingerprint density at radius 3 is 2.29 bits per heavy atom. The summed E-state index contributed by atoms with van der Waals surface area (Å²) in [5, 5.41) is 11.3. The number of benzene rings is 2. The maximum Gasteiger partial charge on any atom is 0.335 e.